The van der Waals surface area contributed by atoms with Crippen LogP contribution in [0.3, 0.4) is 0 Å². The summed E-state index contributed by atoms with van der Waals surface area (Å²) in [6, 6.07) is 10.3. The van der Waals surface area contributed by atoms with Gasteiger partial charge in [0.2, 0.25) is 5.91 Å². The number of nitrogens with one attached hydrogen (secondary N) is 3. The van der Waals surface area contributed by atoms with Gasteiger partial charge in [-0.25, -0.2) is 14.4 Å². The molecule has 4 aromatic rings. The molecule has 3 N–H and O–H groups in total. The van der Waals surface area contributed by atoms with Gasteiger partial charge in [-0.2, -0.15) is 5.10 Å². The highest BCUT2D eigenvalue weighted by Crippen LogP contribution is 2.33. The predicted octanol–water partition coefficient (Wildman–Crippen LogP) is 7.06. The molecule has 218 valence electrons. The molecule has 2 aliphatic carbocycles. The van der Waals surface area contributed by atoms with E-state index in [4.69, 9.17) is 9.97 Å². The normalized spacial score (nSPS) is 16.3. The van der Waals surface area contributed by atoms with Gasteiger partial charge in [0.25, 0.3) is 0 Å². The number of halogens is 1. The van der Waals surface area contributed by atoms with Crippen LogP contribution in [0.1, 0.15) is 68.6 Å². The van der Waals surface area contributed by atoms with Gasteiger partial charge < -0.3 is 10.3 Å². The number of carbonyl (C=O) groups excluding carboxylic acids is 1. The van der Waals surface area contributed by atoms with Crippen LogP contribution in [0.15, 0.2) is 77.1 Å². The number of nitrogens with zero attached hydrogens (tertiary/aromatic N) is 4. The van der Waals surface area contributed by atoms with Gasteiger partial charge in [0.05, 0.1) is 16.9 Å². The molecule has 3 aromatic heterocycles. The fraction of sp³-hybridized carbons (Fsp3) is 0.265. The number of fused-ring (bicyclic) bond motifs is 2. The Labute approximate surface area is 249 Å². The Balaban J connectivity index is 1.34. The van der Waals surface area contributed by atoms with Crippen molar-refractivity contribution in [2.24, 2.45) is 10.9 Å². The van der Waals surface area contributed by atoms with Crippen LogP contribution in [-0.2, 0) is 11.2 Å². The van der Waals surface area contributed by atoms with Gasteiger partial charge in [-0.3, -0.25) is 14.9 Å². The van der Waals surface area contributed by atoms with Crippen LogP contribution in [0.4, 0.5) is 4.39 Å². The van der Waals surface area contributed by atoms with Crippen molar-refractivity contribution in [3.05, 3.63) is 101 Å². The van der Waals surface area contributed by atoms with E-state index in [0.29, 0.717) is 34.7 Å². The maximum Gasteiger partial charge on any atom is 0.227 e. The number of rotatable bonds is 7. The third-order valence-corrected chi connectivity index (χ3v) is 7.99. The van der Waals surface area contributed by atoms with Crippen LogP contribution in [0, 0.1) is 11.7 Å². The number of amides is 1. The SMILES string of the molecule is C=N/C=C(\C=C(/C)NC(=O)C1CCCCC1)c1ccc2[nH]nc(-c3nc4c([nH]3)CC(C)=CC=C4c3cccc(F)c3)c2n1. The molecule has 8 nitrogen and oxygen atoms in total. The highest BCUT2D eigenvalue weighted by atomic mass is 19.1. The lowest BCUT2D eigenvalue weighted by Crippen LogP contribution is -2.30. The number of pyridine rings is 1. The van der Waals surface area contributed by atoms with Crippen molar-refractivity contribution in [1.82, 2.24) is 30.5 Å². The first kappa shape index (κ1) is 28.2. The number of allylic oxidation sites excluding steroid dienone is 6. The van der Waals surface area contributed by atoms with Gasteiger partial charge in [0.1, 0.15) is 11.3 Å². The van der Waals surface area contributed by atoms with E-state index in [2.05, 4.69) is 39.1 Å². The van der Waals surface area contributed by atoms with Gasteiger partial charge in [-0.15, -0.1) is 0 Å². The molecule has 9 heteroatoms. The summed E-state index contributed by atoms with van der Waals surface area (Å²) in [5, 5.41) is 10.7. The predicted molar refractivity (Wildman–Crippen MR) is 168 cm³/mol. The molecule has 0 atom stereocenters. The van der Waals surface area contributed by atoms with E-state index >= 15 is 0 Å². The summed E-state index contributed by atoms with van der Waals surface area (Å²) < 4.78 is 14.1. The van der Waals surface area contributed by atoms with E-state index < -0.39 is 0 Å². The second-order valence-corrected chi connectivity index (χ2v) is 11.3. The third kappa shape index (κ3) is 6.02. The molecule has 6 rings (SSSR count). The summed E-state index contributed by atoms with van der Waals surface area (Å²) >= 11 is 0. The van der Waals surface area contributed by atoms with Crippen LogP contribution in [0.5, 0.6) is 0 Å². The van der Waals surface area contributed by atoms with Crippen LogP contribution >= 0.6 is 0 Å². The molecule has 2 aliphatic rings. The number of benzene rings is 1. The number of hydrogen-bond acceptors (Lipinski definition) is 5. The monoisotopic (exact) mass is 575 g/mol. The van der Waals surface area contributed by atoms with Gasteiger partial charge >= 0.3 is 0 Å². The molecular formula is C34H34FN7O. The third-order valence-electron chi connectivity index (χ3n) is 7.99. The highest BCUT2D eigenvalue weighted by molar-refractivity contribution is 5.91. The molecule has 0 aliphatic heterocycles. The number of H-pyrrole nitrogens is 2. The van der Waals surface area contributed by atoms with Crippen molar-refractivity contribution in [3.8, 4) is 11.5 Å². The zero-order valence-electron chi connectivity index (χ0n) is 24.4. The molecule has 0 radical (unpaired) electrons. The summed E-state index contributed by atoms with van der Waals surface area (Å²) in [6.45, 7) is 7.56. The molecule has 1 fully saturated rings. The van der Waals surface area contributed by atoms with Gasteiger partial charge in [-0.05, 0) is 69.3 Å². The molecule has 3 heterocycles. The van der Waals surface area contributed by atoms with Crippen LogP contribution in [0.25, 0.3) is 33.7 Å². The molecule has 0 unspecified atom stereocenters. The zero-order valence-corrected chi connectivity index (χ0v) is 24.4. The molecule has 0 saturated heterocycles. The minimum atomic E-state index is -0.300. The van der Waals surface area contributed by atoms with Crippen molar-refractivity contribution >= 4 is 34.8 Å². The van der Waals surface area contributed by atoms with Crippen molar-refractivity contribution < 1.29 is 9.18 Å². The average molecular weight is 576 g/mol. The minimum Gasteiger partial charge on any atom is -0.340 e. The highest BCUT2D eigenvalue weighted by Gasteiger charge is 2.23. The number of imidazole rings is 1. The summed E-state index contributed by atoms with van der Waals surface area (Å²) in [5.41, 5.74) is 8.45. The molecule has 1 aromatic carbocycles. The molecule has 0 spiro atoms. The van der Waals surface area contributed by atoms with Gasteiger partial charge in [0, 0.05) is 41.1 Å². The number of carbonyl (C=O) groups is 1. The lowest BCUT2D eigenvalue weighted by molar-refractivity contribution is -0.125. The number of aromatic nitrogens is 5. The Kier molecular flexibility index (Phi) is 7.96. The smallest absolute Gasteiger partial charge is 0.227 e. The maximum absolute atomic E-state index is 14.1. The average Bonchev–Trinajstić information content (AvgIpc) is 3.57. The summed E-state index contributed by atoms with van der Waals surface area (Å²) in [6.07, 6.45) is 13.5. The van der Waals surface area contributed by atoms with Gasteiger partial charge in [-0.1, -0.05) is 49.1 Å². The first-order valence-electron chi connectivity index (χ1n) is 14.6. The van der Waals surface area contributed by atoms with E-state index in [0.717, 1.165) is 65.0 Å². The Morgan fingerprint density at radius 3 is 2.74 bits per heavy atom. The largest absolute Gasteiger partial charge is 0.340 e. The van der Waals surface area contributed by atoms with Crippen LogP contribution in [0.2, 0.25) is 0 Å². The molecular weight excluding hydrogens is 541 g/mol. The fourth-order valence-corrected chi connectivity index (χ4v) is 5.83. The van der Waals surface area contributed by atoms with Crippen LogP contribution in [-0.4, -0.2) is 37.8 Å². The fourth-order valence-electron chi connectivity index (χ4n) is 5.83. The first-order valence-corrected chi connectivity index (χ1v) is 14.6. The number of aromatic amines is 2. The lowest BCUT2D eigenvalue weighted by atomic mass is 9.88. The molecule has 0 bridgehead atoms. The molecule has 1 amide bonds. The standard InChI is InChI=1S/C34H34FN7O/c1-20-12-13-26(23-10-7-11-25(35)18-23)30-29(16-20)39-33(40-30)32-31-28(41-42-32)15-14-27(38-31)24(19-36-3)17-21(2)37-34(43)22-8-5-4-6-9-22/h7,10-15,17-19,22H,3-6,8-9,16H2,1-2H3,(H,37,43)(H,39,40)(H,41,42)/b21-17+,24-19+. The van der Waals surface area contributed by atoms with Gasteiger partial charge in [0.15, 0.2) is 11.5 Å². The molecule has 43 heavy (non-hydrogen) atoms. The van der Waals surface area contributed by atoms with Crippen molar-refractivity contribution in [2.45, 2.75) is 52.4 Å². The second kappa shape index (κ2) is 12.1. The van der Waals surface area contributed by atoms with Crippen molar-refractivity contribution in [3.63, 3.8) is 0 Å². The maximum atomic E-state index is 14.1. The van der Waals surface area contributed by atoms with E-state index in [9.17, 15) is 9.18 Å². The Morgan fingerprint density at radius 2 is 1.95 bits per heavy atom. The number of hydrogen-bond donors (Lipinski definition) is 3. The Bertz CT molecular complexity index is 1830. The molecule has 1 saturated carbocycles. The minimum absolute atomic E-state index is 0.0593. The van der Waals surface area contributed by atoms with Crippen molar-refractivity contribution in [2.75, 3.05) is 0 Å². The Hall–Kier alpha value is -4.92. The van der Waals surface area contributed by atoms with Crippen molar-refractivity contribution in [1.29, 1.82) is 0 Å². The van der Waals surface area contributed by atoms with E-state index in [1.165, 1.54) is 18.6 Å². The zero-order chi connectivity index (χ0) is 29.9. The van der Waals surface area contributed by atoms with E-state index in [-0.39, 0.29) is 17.6 Å². The first-order chi connectivity index (χ1) is 20.9. The number of aliphatic imine (C=N–C) groups is 1. The summed E-state index contributed by atoms with van der Waals surface area (Å²) in [4.78, 5) is 30.2. The van der Waals surface area contributed by atoms with Crippen LogP contribution < -0.4 is 5.32 Å². The summed E-state index contributed by atoms with van der Waals surface area (Å²) in [5.74, 6) is 0.390. The summed E-state index contributed by atoms with van der Waals surface area (Å²) in [7, 11) is 0. The topological polar surface area (TPSA) is 112 Å². The van der Waals surface area contributed by atoms with E-state index in [1.54, 1.807) is 12.3 Å². The lowest BCUT2D eigenvalue weighted by Gasteiger charge is -2.21. The Morgan fingerprint density at radius 1 is 1.12 bits per heavy atom. The van der Waals surface area contributed by atoms with E-state index in [1.807, 2.05) is 43.4 Å². The quantitative estimate of drug-likeness (QED) is 0.162. The second-order valence-electron chi connectivity index (χ2n) is 11.3.